The number of halogens is 1. The number of hydrogen-bond donors (Lipinski definition) is 2. The lowest BCUT2D eigenvalue weighted by Crippen LogP contribution is -3.00. The lowest BCUT2D eigenvalue weighted by atomic mass is 10.0. The van der Waals surface area contributed by atoms with Gasteiger partial charge in [-0.2, -0.15) is 0 Å². The Morgan fingerprint density at radius 1 is 1.04 bits per heavy atom. The van der Waals surface area contributed by atoms with Gasteiger partial charge in [0, 0.05) is 24.9 Å². The lowest BCUT2D eigenvalue weighted by Gasteiger charge is -2.12. The maximum atomic E-state index is 11.2. The molecule has 1 aromatic rings. The number of nitrogens with one attached hydrogen (secondary N) is 1. The van der Waals surface area contributed by atoms with E-state index in [1.54, 1.807) is 24.3 Å². The molecule has 0 heterocycles. The van der Waals surface area contributed by atoms with Crippen LogP contribution in [-0.4, -0.2) is 43.7 Å². The average Bonchev–Trinajstić information content (AvgIpc) is 2.61. The van der Waals surface area contributed by atoms with Gasteiger partial charge in [0.1, 0.15) is 19.3 Å². The normalized spacial score (nSPS) is 13.1. The average molecular weight is 478 g/mol. The fraction of sp³-hybridized carbons (Fsp3) is 0.667. The minimum atomic E-state index is -3.27. The fourth-order valence-electron chi connectivity index (χ4n) is 2.97. The molecule has 2 N–H and O–H groups in total. The van der Waals surface area contributed by atoms with Crippen LogP contribution in [0.25, 0.3) is 0 Å². The largest absolute Gasteiger partial charge is 1.00 e. The van der Waals surface area contributed by atoms with Crippen molar-refractivity contribution in [1.29, 1.82) is 0 Å². The zero-order chi connectivity index (χ0) is 20.1. The van der Waals surface area contributed by atoms with E-state index in [-0.39, 0.29) is 17.0 Å². The second kappa shape index (κ2) is 15.0. The summed E-state index contributed by atoms with van der Waals surface area (Å²) < 4.78 is 27.3. The van der Waals surface area contributed by atoms with Gasteiger partial charge in [0.2, 0.25) is 10.0 Å². The van der Waals surface area contributed by atoms with Crippen molar-refractivity contribution in [2.24, 2.45) is 0 Å². The van der Waals surface area contributed by atoms with E-state index < -0.39 is 16.1 Å². The molecule has 0 amide bonds. The van der Waals surface area contributed by atoms with Crippen LogP contribution in [-0.2, 0) is 10.0 Å². The third-order valence-electron chi connectivity index (χ3n) is 4.52. The Morgan fingerprint density at radius 2 is 1.64 bits per heavy atom. The Bertz CT molecular complexity index is 661. The van der Waals surface area contributed by atoms with Crippen LogP contribution < -0.4 is 21.7 Å². The summed E-state index contributed by atoms with van der Waals surface area (Å²) in [5, 5.41) is 10.4. The topological polar surface area (TPSA) is 69.4 Å². The van der Waals surface area contributed by atoms with Gasteiger partial charge in [0.15, 0.2) is 0 Å². The van der Waals surface area contributed by atoms with E-state index >= 15 is 0 Å². The molecule has 1 unspecified atom stereocenters. The van der Waals surface area contributed by atoms with Crippen molar-refractivity contribution in [2.75, 3.05) is 24.1 Å². The molecule has 0 aliphatic rings. The summed E-state index contributed by atoms with van der Waals surface area (Å²) in [6.45, 7) is 6.49. The summed E-state index contributed by atoms with van der Waals surface area (Å²) in [6, 6.07) is 6.94. The van der Waals surface area contributed by atoms with Crippen LogP contribution in [0.5, 0.6) is 0 Å². The van der Waals surface area contributed by atoms with E-state index in [4.69, 9.17) is 0 Å². The van der Waals surface area contributed by atoms with Crippen molar-refractivity contribution in [3.63, 3.8) is 0 Å². The Kier molecular flexibility index (Phi) is 14.5. The lowest BCUT2D eigenvalue weighted by molar-refractivity contribution is -0.525. The Hall–Kier alpha value is -0.920. The van der Waals surface area contributed by atoms with Gasteiger partial charge < -0.3 is 22.1 Å². The molecule has 1 aromatic carbocycles. The summed E-state index contributed by atoms with van der Waals surface area (Å²) in [4.78, 5) is 0. The van der Waals surface area contributed by atoms with Gasteiger partial charge in [-0.25, -0.2) is 13.0 Å². The number of hydrogen-bond acceptors (Lipinski definition) is 3. The van der Waals surface area contributed by atoms with Crippen molar-refractivity contribution in [3.05, 3.63) is 29.8 Å². The molecule has 1 atom stereocenters. The van der Waals surface area contributed by atoms with E-state index in [2.05, 4.69) is 29.4 Å². The molecule has 0 fully saturated rings. The molecular weight excluding hydrogens is 440 g/mol. The van der Waals surface area contributed by atoms with Gasteiger partial charge in [0.25, 0.3) is 0 Å². The number of unbranched alkanes of at least 4 members (excludes halogenated alkanes) is 4. The molecule has 0 saturated carbocycles. The van der Waals surface area contributed by atoms with Crippen LogP contribution >= 0.6 is 0 Å². The number of sulfonamides is 1. The van der Waals surface area contributed by atoms with Gasteiger partial charge in [-0.1, -0.05) is 45.2 Å². The number of rotatable bonds is 14. The van der Waals surface area contributed by atoms with Gasteiger partial charge >= 0.3 is 0 Å². The minimum Gasteiger partial charge on any atom is -1.00 e. The third-order valence-corrected chi connectivity index (χ3v) is 5.12. The minimum absolute atomic E-state index is 0. The molecule has 0 saturated heterocycles. The smallest absolute Gasteiger partial charge is 0.229 e. The maximum Gasteiger partial charge on any atom is 0.229 e. The van der Waals surface area contributed by atoms with Gasteiger partial charge in [0.05, 0.1) is 12.4 Å². The van der Waals surface area contributed by atoms with E-state index in [9.17, 15) is 13.5 Å². The quantitative estimate of drug-likeness (QED) is 0.242. The molecule has 28 heavy (non-hydrogen) atoms. The zero-order valence-corrected chi connectivity index (χ0v) is 19.9. The molecule has 162 valence electrons. The van der Waals surface area contributed by atoms with Crippen molar-refractivity contribution >= 4 is 21.9 Å². The zero-order valence-electron chi connectivity index (χ0n) is 17.5. The molecule has 0 aliphatic carbocycles. The summed E-state index contributed by atoms with van der Waals surface area (Å²) in [5.74, 6) is 0. The summed E-state index contributed by atoms with van der Waals surface area (Å²) in [7, 11) is -3.27. The van der Waals surface area contributed by atoms with Crippen molar-refractivity contribution in [1.82, 2.24) is 0 Å². The monoisotopic (exact) mass is 476 g/mol. The highest BCUT2D eigenvalue weighted by atomic mass is 79.9. The molecule has 5 nitrogen and oxygen atoms in total. The molecular formula is C21H37BrN2O3S. The van der Waals surface area contributed by atoms with Crippen LogP contribution in [0.15, 0.2) is 24.3 Å². The summed E-state index contributed by atoms with van der Waals surface area (Å²) in [5.41, 5.74) is 1.34. The predicted molar refractivity (Wildman–Crippen MR) is 114 cm³/mol. The highest BCUT2D eigenvalue weighted by Gasteiger charge is 2.11. The number of nitrogens with zero attached hydrogens (tertiary/aromatic N) is 1. The van der Waals surface area contributed by atoms with Crippen molar-refractivity contribution in [3.8, 4) is 0 Å². The number of anilines is 1. The molecule has 0 aliphatic heterocycles. The molecule has 0 aromatic heterocycles. The Balaban J connectivity index is 0.00000729. The number of aliphatic hydroxyl groups is 1. The third kappa shape index (κ3) is 12.5. The second-order valence-corrected chi connectivity index (χ2v) is 8.97. The van der Waals surface area contributed by atoms with E-state index in [1.165, 1.54) is 32.1 Å². The molecule has 0 radical (unpaired) electrons. The molecule has 7 heteroatoms. The predicted octanol–water partition coefficient (Wildman–Crippen LogP) is 1.34. The SMILES string of the molecule is CCCCCC=[N+](CCCC)CCCC(O)c1ccc(NS(C)(=O)=O)cc1.[Br-]. The van der Waals surface area contributed by atoms with Crippen molar-refractivity contribution in [2.45, 2.75) is 71.3 Å². The molecule has 0 bridgehead atoms. The number of aliphatic hydroxyl groups excluding tert-OH is 1. The van der Waals surface area contributed by atoms with Crippen molar-refractivity contribution < 1.29 is 35.1 Å². The molecule has 1 rings (SSSR count). The van der Waals surface area contributed by atoms with Crippen LogP contribution in [0.2, 0.25) is 0 Å². The van der Waals surface area contributed by atoms with Gasteiger partial charge in [-0.3, -0.25) is 4.72 Å². The first-order chi connectivity index (χ1) is 12.9. The van der Waals surface area contributed by atoms with Crippen LogP contribution in [0, 0.1) is 0 Å². The first-order valence-electron chi connectivity index (χ1n) is 10.2. The summed E-state index contributed by atoms with van der Waals surface area (Å²) in [6.07, 6.45) is 11.9. The number of benzene rings is 1. The highest BCUT2D eigenvalue weighted by molar-refractivity contribution is 7.92. The summed E-state index contributed by atoms with van der Waals surface area (Å²) >= 11 is 0. The standard InChI is InChI=1S/C21H37N2O3S.BrH/c1-4-6-8-9-17-23(16-7-5-2)18-10-11-21(24)19-12-14-20(15-13-19)22-27(3,25)26;/h12-15,17,21-22,24H,4-11,16,18H2,1-3H3;1H/q+1;/p-1. The second-order valence-electron chi connectivity index (χ2n) is 7.22. The van der Waals surface area contributed by atoms with Gasteiger partial charge in [-0.15, -0.1) is 0 Å². The fourth-order valence-corrected chi connectivity index (χ4v) is 3.53. The van der Waals surface area contributed by atoms with E-state index in [0.717, 1.165) is 37.8 Å². The highest BCUT2D eigenvalue weighted by Crippen LogP contribution is 2.20. The van der Waals surface area contributed by atoms with Crippen LogP contribution in [0.3, 0.4) is 0 Å². The van der Waals surface area contributed by atoms with Crippen LogP contribution in [0.4, 0.5) is 5.69 Å². The first kappa shape index (κ1) is 27.1. The van der Waals surface area contributed by atoms with Gasteiger partial charge in [-0.05, 0) is 30.5 Å². The Labute approximate surface area is 182 Å². The van der Waals surface area contributed by atoms with E-state index in [0.29, 0.717) is 12.1 Å². The van der Waals surface area contributed by atoms with Crippen LogP contribution in [0.1, 0.15) is 76.9 Å². The Morgan fingerprint density at radius 3 is 2.21 bits per heavy atom. The first-order valence-corrected chi connectivity index (χ1v) is 12.1. The molecule has 0 spiro atoms. The van der Waals surface area contributed by atoms with E-state index in [1.807, 2.05) is 0 Å². The maximum absolute atomic E-state index is 11.2.